The molecule has 1 saturated heterocycles. The third kappa shape index (κ3) is 4.61. The molecule has 12 nitrogen and oxygen atoms in total. The maximum Gasteiger partial charge on any atom is 0.328 e. The van der Waals surface area contributed by atoms with Crippen molar-refractivity contribution in [2.24, 2.45) is 0 Å². The molecule has 4 aromatic rings. The van der Waals surface area contributed by atoms with Gasteiger partial charge in [-0.05, 0) is 48.5 Å². The van der Waals surface area contributed by atoms with Crippen molar-refractivity contribution in [3.8, 4) is 29.0 Å². The average molecular weight is 512 g/mol. The first kappa shape index (κ1) is 24.4. The molecule has 0 atom stereocenters. The first-order chi connectivity index (χ1) is 18.4. The number of urea groups is 1. The van der Waals surface area contributed by atoms with E-state index in [2.05, 4.69) is 26.8 Å². The fraction of sp³-hybridized carbons (Fsp3) is 0.154. The minimum absolute atomic E-state index is 0.0511. The van der Waals surface area contributed by atoms with Gasteiger partial charge >= 0.3 is 6.03 Å². The van der Waals surface area contributed by atoms with Gasteiger partial charge in [-0.3, -0.25) is 25.2 Å². The largest absolute Gasteiger partial charge is 0.467 e. The number of hydrogen-bond acceptors (Lipinski definition) is 9. The number of rotatable bonds is 8. The Morgan fingerprint density at radius 3 is 2.37 bits per heavy atom. The van der Waals surface area contributed by atoms with E-state index in [0.29, 0.717) is 22.7 Å². The number of hydrogen-bond donors (Lipinski definition) is 2. The van der Waals surface area contributed by atoms with Gasteiger partial charge in [0.1, 0.15) is 23.3 Å². The lowest BCUT2D eigenvalue weighted by atomic mass is 9.95. The highest BCUT2D eigenvalue weighted by Crippen LogP contribution is 2.30. The van der Waals surface area contributed by atoms with Crippen molar-refractivity contribution in [1.29, 1.82) is 5.26 Å². The molecule has 3 heterocycles. The number of pyridine rings is 1. The zero-order chi connectivity index (χ0) is 26.7. The lowest BCUT2D eigenvalue weighted by molar-refractivity contribution is -0.153. The van der Waals surface area contributed by atoms with Gasteiger partial charge in [-0.2, -0.15) is 10.4 Å². The molecule has 190 valence electrons. The number of methoxy groups -OCH3 is 1. The molecule has 0 bridgehead atoms. The highest BCUT2D eigenvalue weighted by Gasteiger charge is 2.52. The Hall–Kier alpha value is -5.28. The van der Waals surface area contributed by atoms with Crippen LogP contribution in [0.4, 0.5) is 4.79 Å². The van der Waals surface area contributed by atoms with Gasteiger partial charge in [0.05, 0.1) is 35.8 Å². The van der Waals surface area contributed by atoms with Gasteiger partial charge in [0, 0.05) is 25.1 Å². The van der Waals surface area contributed by atoms with Crippen LogP contribution in [0.1, 0.15) is 12.0 Å². The van der Waals surface area contributed by atoms with Crippen molar-refractivity contribution < 1.29 is 28.6 Å². The van der Waals surface area contributed by atoms with Gasteiger partial charge in [0.15, 0.2) is 0 Å². The number of imide groups is 2. The Morgan fingerprint density at radius 2 is 1.66 bits per heavy atom. The zero-order valence-corrected chi connectivity index (χ0v) is 20.0. The van der Waals surface area contributed by atoms with Crippen molar-refractivity contribution in [3.63, 3.8) is 0 Å². The van der Waals surface area contributed by atoms with Crippen molar-refractivity contribution >= 4 is 28.7 Å². The summed E-state index contributed by atoms with van der Waals surface area (Å²) in [6.07, 6.45) is 4.69. The number of fused-ring (bicyclic) bond motifs is 1. The van der Waals surface area contributed by atoms with E-state index in [4.69, 9.17) is 19.5 Å². The summed E-state index contributed by atoms with van der Waals surface area (Å²) in [5, 5.41) is 18.5. The molecule has 1 aliphatic rings. The number of nitriles is 1. The second kappa shape index (κ2) is 10.00. The summed E-state index contributed by atoms with van der Waals surface area (Å²) in [6, 6.07) is 14.6. The molecule has 1 aliphatic heterocycles. The minimum atomic E-state index is -1.96. The number of nitrogens with zero attached hydrogens (tertiary/aromatic N) is 4. The molecule has 0 saturated carbocycles. The van der Waals surface area contributed by atoms with E-state index in [-0.39, 0.29) is 18.8 Å². The summed E-state index contributed by atoms with van der Waals surface area (Å²) in [5.41, 5.74) is -0.0562. The monoisotopic (exact) mass is 512 g/mol. The van der Waals surface area contributed by atoms with Gasteiger partial charge in [-0.25, -0.2) is 9.48 Å². The van der Waals surface area contributed by atoms with Gasteiger partial charge in [0.2, 0.25) is 0 Å². The maximum atomic E-state index is 12.6. The third-order valence-electron chi connectivity index (χ3n) is 5.83. The highest BCUT2D eigenvalue weighted by atomic mass is 16.5. The van der Waals surface area contributed by atoms with Crippen LogP contribution in [0.15, 0.2) is 67.1 Å². The maximum absolute atomic E-state index is 12.6. The van der Waals surface area contributed by atoms with E-state index in [1.807, 2.05) is 12.1 Å². The average Bonchev–Trinajstić information content (AvgIpc) is 3.34. The quantitative estimate of drug-likeness (QED) is 0.339. The molecule has 1 fully saturated rings. The van der Waals surface area contributed by atoms with Gasteiger partial charge in [-0.1, -0.05) is 0 Å². The van der Waals surface area contributed by atoms with Crippen LogP contribution < -0.4 is 20.1 Å². The molecule has 4 amide bonds. The summed E-state index contributed by atoms with van der Waals surface area (Å²) in [7, 11) is 1.43. The van der Waals surface area contributed by atoms with Crippen LogP contribution in [-0.2, 0) is 14.3 Å². The molecule has 0 spiro atoms. The summed E-state index contributed by atoms with van der Waals surface area (Å²) in [5.74, 6) is -0.484. The van der Waals surface area contributed by atoms with Gasteiger partial charge in [0.25, 0.3) is 17.4 Å². The summed E-state index contributed by atoms with van der Waals surface area (Å²) < 4.78 is 18.5. The molecule has 5 rings (SSSR count). The first-order valence-electron chi connectivity index (χ1n) is 11.4. The molecule has 12 heteroatoms. The van der Waals surface area contributed by atoms with Crippen molar-refractivity contribution in [1.82, 2.24) is 25.4 Å². The van der Waals surface area contributed by atoms with E-state index in [1.165, 1.54) is 13.3 Å². The van der Waals surface area contributed by atoms with Crippen molar-refractivity contribution in [3.05, 3.63) is 72.7 Å². The van der Waals surface area contributed by atoms with E-state index >= 15 is 0 Å². The van der Waals surface area contributed by atoms with E-state index in [0.717, 1.165) is 10.9 Å². The molecule has 38 heavy (non-hydrogen) atoms. The minimum Gasteiger partial charge on any atom is -0.467 e. The lowest BCUT2D eigenvalue weighted by Crippen LogP contribution is -2.69. The number of carbonyl (C=O) groups excluding carboxylic acids is 3. The molecule has 0 radical (unpaired) electrons. The van der Waals surface area contributed by atoms with E-state index in [1.54, 1.807) is 53.5 Å². The number of aromatic nitrogens is 3. The third-order valence-corrected chi connectivity index (χ3v) is 5.83. The zero-order valence-electron chi connectivity index (χ0n) is 20.0. The van der Waals surface area contributed by atoms with E-state index in [9.17, 15) is 14.4 Å². The van der Waals surface area contributed by atoms with Crippen molar-refractivity contribution in [2.75, 3.05) is 13.7 Å². The standard InChI is InChI=1S/C26H20N6O6/c1-36-9-8-26(23(33)30-25(35)31-24(26)34)38-20-4-2-19(3-5-20)37-21-6-7-22-17(11-21)14-29-32(22)18-10-16(12-27)13-28-15-18/h2-7,10-11,13-15H,8-9H2,1H3,(H2,30,31,33,34,35). The number of carbonyl (C=O) groups is 3. The summed E-state index contributed by atoms with van der Waals surface area (Å²) in [4.78, 5) is 40.7. The summed E-state index contributed by atoms with van der Waals surface area (Å²) in [6.45, 7) is 0.0511. The second-order valence-corrected chi connectivity index (χ2v) is 8.30. The summed E-state index contributed by atoms with van der Waals surface area (Å²) >= 11 is 0. The Bertz CT molecular complexity index is 1570. The molecule has 0 aliphatic carbocycles. The van der Waals surface area contributed by atoms with Crippen LogP contribution >= 0.6 is 0 Å². The smallest absolute Gasteiger partial charge is 0.328 e. The van der Waals surface area contributed by atoms with Crippen LogP contribution in [0.5, 0.6) is 17.2 Å². The number of nitrogens with one attached hydrogen (secondary N) is 2. The Labute approximate surface area is 215 Å². The second-order valence-electron chi connectivity index (χ2n) is 8.30. The predicted octanol–water partition coefficient (Wildman–Crippen LogP) is 2.60. The predicted molar refractivity (Wildman–Crippen MR) is 132 cm³/mol. The molecule has 2 N–H and O–H groups in total. The van der Waals surface area contributed by atoms with Crippen molar-refractivity contribution in [2.45, 2.75) is 12.0 Å². The Morgan fingerprint density at radius 1 is 0.947 bits per heavy atom. The topological polar surface area (TPSA) is 157 Å². The van der Waals surface area contributed by atoms with Crippen LogP contribution in [0.2, 0.25) is 0 Å². The fourth-order valence-electron chi connectivity index (χ4n) is 3.96. The van der Waals surface area contributed by atoms with Gasteiger partial charge in [-0.15, -0.1) is 0 Å². The Kier molecular flexibility index (Phi) is 6.42. The molecule has 2 aromatic heterocycles. The SMILES string of the molecule is COCCC1(Oc2ccc(Oc3ccc4c(cnn4-c4cncc(C#N)c4)c3)cc2)C(=O)NC(=O)NC1=O. The normalized spacial score (nSPS) is 14.5. The van der Waals surface area contributed by atoms with Crippen LogP contribution in [-0.4, -0.2) is 51.9 Å². The van der Waals surface area contributed by atoms with E-state index < -0.39 is 23.4 Å². The lowest BCUT2D eigenvalue weighted by Gasteiger charge is -2.34. The molecular weight excluding hydrogens is 492 g/mol. The molecule has 0 unspecified atom stereocenters. The number of ether oxygens (including phenoxy) is 3. The highest BCUT2D eigenvalue weighted by molar-refractivity contribution is 6.21. The number of benzene rings is 2. The number of amides is 4. The molecule has 2 aromatic carbocycles. The number of barbiturate groups is 1. The Balaban J connectivity index is 1.33. The fourth-order valence-corrected chi connectivity index (χ4v) is 3.96. The first-order valence-corrected chi connectivity index (χ1v) is 11.4. The van der Waals surface area contributed by atoms with Crippen LogP contribution in [0, 0.1) is 11.3 Å². The van der Waals surface area contributed by atoms with Crippen LogP contribution in [0.3, 0.4) is 0 Å². The van der Waals surface area contributed by atoms with Crippen LogP contribution in [0.25, 0.3) is 16.6 Å². The van der Waals surface area contributed by atoms with Gasteiger partial charge < -0.3 is 14.2 Å². The molecular formula is C26H20N6O6.